The number of rotatable bonds is 6. The standard InChI is InChI=1S/C22H22ClN3O4/c1-15(16-7-6-8-17(23)13-16)26(2)22(28)25-24-21(27)20-12-11-19(30-20)14-29-18-9-4-3-5-10-18/h3-13,15H,14H2,1-2H3,(H,24,27)(H,25,28). The van der Waals surface area contributed by atoms with Crippen LogP contribution >= 0.6 is 11.6 Å². The van der Waals surface area contributed by atoms with Crippen LogP contribution in [0.4, 0.5) is 4.79 Å². The van der Waals surface area contributed by atoms with Gasteiger partial charge in [-0.3, -0.25) is 10.2 Å². The molecule has 0 aliphatic rings. The van der Waals surface area contributed by atoms with Gasteiger partial charge in [0.15, 0.2) is 5.76 Å². The quantitative estimate of drug-likeness (QED) is 0.565. The van der Waals surface area contributed by atoms with Gasteiger partial charge in [-0.2, -0.15) is 0 Å². The van der Waals surface area contributed by atoms with Crippen molar-refractivity contribution < 1.29 is 18.7 Å². The molecule has 0 fully saturated rings. The summed E-state index contributed by atoms with van der Waals surface area (Å²) in [7, 11) is 1.62. The van der Waals surface area contributed by atoms with Crippen molar-refractivity contribution in [1.82, 2.24) is 15.8 Å². The molecular weight excluding hydrogens is 406 g/mol. The van der Waals surface area contributed by atoms with Crippen molar-refractivity contribution in [3.05, 3.63) is 88.8 Å². The van der Waals surface area contributed by atoms with E-state index in [1.54, 1.807) is 25.2 Å². The number of benzene rings is 2. The molecule has 0 aliphatic heterocycles. The highest BCUT2D eigenvalue weighted by atomic mass is 35.5. The van der Waals surface area contributed by atoms with E-state index in [9.17, 15) is 9.59 Å². The van der Waals surface area contributed by atoms with Crippen LogP contribution < -0.4 is 15.6 Å². The first-order valence-electron chi connectivity index (χ1n) is 9.29. The summed E-state index contributed by atoms with van der Waals surface area (Å²) in [4.78, 5) is 26.1. The number of amides is 3. The number of ether oxygens (including phenoxy) is 1. The molecule has 0 radical (unpaired) electrons. The molecular formula is C22H22ClN3O4. The molecule has 0 saturated heterocycles. The van der Waals surface area contributed by atoms with Gasteiger partial charge in [-0.1, -0.05) is 41.9 Å². The minimum atomic E-state index is -0.571. The van der Waals surface area contributed by atoms with Crippen molar-refractivity contribution in [3.8, 4) is 5.75 Å². The molecule has 2 aromatic carbocycles. The van der Waals surface area contributed by atoms with E-state index in [1.165, 1.54) is 11.0 Å². The summed E-state index contributed by atoms with van der Waals surface area (Å²) in [5.74, 6) is 0.677. The Kier molecular flexibility index (Phi) is 6.98. The van der Waals surface area contributed by atoms with Crippen molar-refractivity contribution in [1.29, 1.82) is 0 Å². The molecule has 1 unspecified atom stereocenters. The first-order valence-corrected chi connectivity index (χ1v) is 9.67. The Balaban J connectivity index is 1.50. The van der Waals surface area contributed by atoms with Crippen LogP contribution in [0.3, 0.4) is 0 Å². The predicted molar refractivity (Wildman–Crippen MR) is 113 cm³/mol. The molecule has 0 aliphatic carbocycles. The molecule has 8 heteroatoms. The maximum atomic E-state index is 12.4. The van der Waals surface area contributed by atoms with Crippen LogP contribution in [0.15, 0.2) is 71.1 Å². The normalized spacial score (nSPS) is 11.4. The molecule has 30 heavy (non-hydrogen) atoms. The van der Waals surface area contributed by atoms with E-state index in [0.29, 0.717) is 16.5 Å². The summed E-state index contributed by atoms with van der Waals surface area (Å²) in [6.45, 7) is 2.04. The summed E-state index contributed by atoms with van der Waals surface area (Å²) < 4.78 is 11.1. The highest BCUT2D eigenvalue weighted by Crippen LogP contribution is 2.21. The maximum absolute atomic E-state index is 12.4. The zero-order valence-corrected chi connectivity index (χ0v) is 17.3. The Hall–Kier alpha value is -3.45. The number of hydrazine groups is 1. The van der Waals surface area contributed by atoms with Gasteiger partial charge in [-0.05, 0) is 48.9 Å². The molecule has 0 bridgehead atoms. The molecule has 3 rings (SSSR count). The maximum Gasteiger partial charge on any atom is 0.336 e. The Bertz CT molecular complexity index is 1010. The van der Waals surface area contributed by atoms with Gasteiger partial charge in [0, 0.05) is 12.1 Å². The summed E-state index contributed by atoms with van der Waals surface area (Å²) in [5, 5.41) is 0.589. The fourth-order valence-electron chi connectivity index (χ4n) is 2.67. The van der Waals surface area contributed by atoms with Crippen molar-refractivity contribution in [2.45, 2.75) is 19.6 Å². The van der Waals surface area contributed by atoms with Gasteiger partial charge in [-0.25, -0.2) is 10.2 Å². The second kappa shape index (κ2) is 9.84. The molecule has 1 atom stereocenters. The van der Waals surface area contributed by atoms with Crippen LogP contribution in [0.5, 0.6) is 5.75 Å². The number of carbonyl (C=O) groups is 2. The molecule has 156 valence electrons. The van der Waals surface area contributed by atoms with E-state index in [0.717, 1.165) is 5.56 Å². The predicted octanol–water partition coefficient (Wildman–Crippen LogP) is 4.56. The number of para-hydroxylation sites is 1. The molecule has 3 amide bonds. The lowest BCUT2D eigenvalue weighted by molar-refractivity contribution is 0.0897. The molecule has 1 aromatic heterocycles. The van der Waals surface area contributed by atoms with Gasteiger partial charge in [0.2, 0.25) is 0 Å². The van der Waals surface area contributed by atoms with Crippen LogP contribution in [0, 0.1) is 0 Å². The van der Waals surface area contributed by atoms with Gasteiger partial charge in [-0.15, -0.1) is 0 Å². The highest BCUT2D eigenvalue weighted by molar-refractivity contribution is 6.30. The van der Waals surface area contributed by atoms with Gasteiger partial charge < -0.3 is 14.1 Å². The van der Waals surface area contributed by atoms with Gasteiger partial charge in [0.1, 0.15) is 18.1 Å². The SMILES string of the molecule is CC(c1cccc(Cl)c1)N(C)C(=O)NNC(=O)c1ccc(COc2ccccc2)o1. The number of nitrogens with zero attached hydrogens (tertiary/aromatic N) is 1. The second-order valence-corrected chi connectivity index (χ2v) is 7.03. The number of furan rings is 1. The third-order valence-electron chi connectivity index (χ3n) is 4.53. The Labute approximate surface area is 179 Å². The number of hydrogen-bond donors (Lipinski definition) is 2. The van der Waals surface area contributed by atoms with Crippen LogP contribution in [-0.4, -0.2) is 23.9 Å². The largest absolute Gasteiger partial charge is 0.486 e. The molecule has 0 spiro atoms. The van der Waals surface area contributed by atoms with Crippen LogP contribution in [0.25, 0.3) is 0 Å². The fraction of sp³-hybridized carbons (Fsp3) is 0.182. The van der Waals surface area contributed by atoms with Crippen molar-refractivity contribution in [2.75, 3.05) is 7.05 Å². The van der Waals surface area contributed by atoms with Gasteiger partial charge in [0.05, 0.1) is 6.04 Å². The first-order chi connectivity index (χ1) is 14.4. The third kappa shape index (κ3) is 5.55. The lowest BCUT2D eigenvalue weighted by Gasteiger charge is -2.25. The smallest absolute Gasteiger partial charge is 0.336 e. The van der Waals surface area contributed by atoms with Gasteiger partial charge in [0.25, 0.3) is 0 Å². The van der Waals surface area contributed by atoms with E-state index in [1.807, 2.05) is 49.4 Å². The summed E-state index contributed by atoms with van der Waals surface area (Å²) in [6.07, 6.45) is 0. The van der Waals surface area contributed by atoms with Crippen LogP contribution in [-0.2, 0) is 6.61 Å². The summed E-state index contributed by atoms with van der Waals surface area (Å²) >= 11 is 6.01. The average Bonchev–Trinajstić information content (AvgIpc) is 3.24. The number of carbonyl (C=O) groups excluding carboxylic acids is 2. The van der Waals surface area contributed by atoms with E-state index in [-0.39, 0.29) is 18.4 Å². The Morgan fingerprint density at radius 3 is 2.57 bits per heavy atom. The average molecular weight is 428 g/mol. The number of nitrogens with one attached hydrogen (secondary N) is 2. The molecule has 2 N–H and O–H groups in total. The van der Waals surface area contributed by atoms with E-state index >= 15 is 0 Å². The topological polar surface area (TPSA) is 83.8 Å². The zero-order valence-electron chi connectivity index (χ0n) is 16.6. The molecule has 1 heterocycles. The van der Waals surface area contributed by atoms with Crippen LogP contribution in [0.1, 0.15) is 34.8 Å². The fourth-order valence-corrected chi connectivity index (χ4v) is 2.87. The van der Waals surface area contributed by atoms with E-state index in [4.69, 9.17) is 20.8 Å². The summed E-state index contributed by atoms with van der Waals surface area (Å²) in [6, 6.07) is 19.0. The Morgan fingerprint density at radius 2 is 1.83 bits per heavy atom. The number of urea groups is 1. The number of halogens is 1. The minimum Gasteiger partial charge on any atom is -0.486 e. The zero-order chi connectivity index (χ0) is 21.5. The lowest BCUT2D eigenvalue weighted by Crippen LogP contribution is -2.48. The number of hydrogen-bond acceptors (Lipinski definition) is 4. The minimum absolute atomic E-state index is 0.0625. The van der Waals surface area contributed by atoms with Crippen molar-refractivity contribution in [2.24, 2.45) is 0 Å². The van der Waals surface area contributed by atoms with Crippen LogP contribution in [0.2, 0.25) is 5.02 Å². The highest BCUT2D eigenvalue weighted by Gasteiger charge is 2.19. The van der Waals surface area contributed by atoms with Crippen molar-refractivity contribution in [3.63, 3.8) is 0 Å². The van der Waals surface area contributed by atoms with Gasteiger partial charge >= 0.3 is 11.9 Å². The lowest BCUT2D eigenvalue weighted by atomic mass is 10.1. The summed E-state index contributed by atoms with van der Waals surface area (Å²) in [5.41, 5.74) is 5.60. The molecule has 3 aromatic rings. The molecule has 7 nitrogen and oxygen atoms in total. The molecule has 0 saturated carbocycles. The van der Waals surface area contributed by atoms with E-state index < -0.39 is 11.9 Å². The Morgan fingerprint density at radius 1 is 1.07 bits per heavy atom. The first kappa shape index (κ1) is 21.3. The van der Waals surface area contributed by atoms with Crippen molar-refractivity contribution >= 4 is 23.5 Å². The monoisotopic (exact) mass is 427 g/mol. The second-order valence-electron chi connectivity index (χ2n) is 6.59. The van der Waals surface area contributed by atoms with E-state index in [2.05, 4.69) is 10.9 Å². The third-order valence-corrected chi connectivity index (χ3v) is 4.76.